The van der Waals surface area contributed by atoms with Gasteiger partial charge in [0, 0.05) is 24.0 Å². The van der Waals surface area contributed by atoms with E-state index in [0.717, 1.165) is 0 Å². The zero-order chi connectivity index (χ0) is 16.3. The molecule has 116 valence electrons. The number of ether oxygens (including phenoxy) is 2. The number of rotatable bonds is 4. The predicted molar refractivity (Wildman–Crippen MR) is 86.1 cm³/mol. The summed E-state index contributed by atoms with van der Waals surface area (Å²) in [4.78, 5) is 20.1. The molecule has 0 aliphatic heterocycles. The quantitative estimate of drug-likeness (QED) is 0.835. The molecule has 7 heteroatoms. The molecule has 2 rings (SSSR count). The molecule has 0 atom stereocenters. The molecule has 0 saturated carbocycles. The minimum absolute atomic E-state index is 0.300. The van der Waals surface area contributed by atoms with Gasteiger partial charge >= 0.3 is 5.97 Å². The van der Waals surface area contributed by atoms with Gasteiger partial charge in [-0.25, -0.2) is 9.78 Å². The highest BCUT2D eigenvalue weighted by molar-refractivity contribution is 9.10. The SMILES string of the molecule is CCOC(=O)c1cnc(C)c(Oc2cc(N)ncc2Br)c1C. The largest absolute Gasteiger partial charge is 0.462 e. The molecule has 0 aliphatic carbocycles. The number of anilines is 1. The smallest absolute Gasteiger partial charge is 0.340 e. The molecule has 2 heterocycles. The van der Waals surface area contributed by atoms with Crippen LogP contribution in [0.25, 0.3) is 0 Å². The van der Waals surface area contributed by atoms with Crippen LogP contribution in [0.1, 0.15) is 28.5 Å². The van der Waals surface area contributed by atoms with Gasteiger partial charge in [0.1, 0.15) is 11.6 Å². The van der Waals surface area contributed by atoms with E-state index in [1.165, 1.54) is 6.20 Å². The monoisotopic (exact) mass is 365 g/mol. The van der Waals surface area contributed by atoms with E-state index in [-0.39, 0.29) is 0 Å². The van der Waals surface area contributed by atoms with E-state index in [1.807, 2.05) is 0 Å². The van der Waals surface area contributed by atoms with Gasteiger partial charge in [0.25, 0.3) is 0 Å². The Bertz CT molecular complexity index is 719. The minimum Gasteiger partial charge on any atom is -0.462 e. The summed E-state index contributed by atoms with van der Waals surface area (Å²) in [6, 6.07) is 1.60. The predicted octanol–water partition coefficient (Wildman–Crippen LogP) is 3.41. The maximum absolute atomic E-state index is 11.9. The van der Waals surface area contributed by atoms with Gasteiger partial charge in [-0.1, -0.05) is 0 Å². The van der Waals surface area contributed by atoms with Crippen LogP contribution in [0.2, 0.25) is 0 Å². The number of hydrogen-bond donors (Lipinski definition) is 1. The summed E-state index contributed by atoms with van der Waals surface area (Å²) in [7, 11) is 0. The summed E-state index contributed by atoms with van der Waals surface area (Å²) in [5, 5.41) is 0. The highest BCUT2D eigenvalue weighted by atomic mass is 79.9. The van der Waals surface area contributed by atoms with Gasteiger partial charge in [-0.05, 0) is 36.7 Å². The lowest BCUT2D eigenvalue weighted by atomic mass is 10.1. The van der Waals surface area contributed by atoms with Crippen molar-refractivity contribution in [2.75, 3.05) is 12.3 Å². The van der Waals surface area contributed by atoms with Crippen LogP contribution in [0.3, 0.4) is 0 Å². The first-order chi connectivity index (χ1) is 10.4. The van der Waals surface area contributed by atoms with E-state index >= 15 is 0 Å². The first-order valence-electron chi connectivity index (χ1n) is 6.66. The number of nitrogen functional groups attached to an aromatic ring is 1. The number of esters is 1. The standard InChI is InChI=1S/C15H16BrN3O3/c1-4-21-15(20)10-6-18-9(3)14(8(10)2)22-12-5-13(17)19-7-11(12)16/h5-7H,4H2,1-3H3,(H2,17,19). The number of nitrogens with two attached hydrogens (primary N) is 1. The number of aryl methyl sites for hydroxylation is 1. The summed E-state index contributed by atoms with van der Waals surface area (Å²) < 4.78 is 11.6. The van der Waals surface area contributed by atoms with Gasteiger partial charge in [-0.3, -0.25) is 4.98 Å². The van der Waals surface area contributed by atoms with E-state index in [4.69, 9.17) is 15.2 Å². The maximum Gasteiger partial charge on any atom is 0.340 e. The molecule has 0 bridgehead atoms. The van der Waals surface area contributed by atoms with E-state index < -0.39 is 5.97 Å². The summed E-state index contributed by atoms with van der Waals surface area (Å²) in [5.74, 6) is 0.909. The second-order valence-electron chi connectivity index (χ2n) is 4.57. The lowest BCUT2D eigenvalue weighted by Gasteiger charge is -2.14. The highest BCUT2D eigenvalue weighted by Gasteiger charge is 2.18. The number of carbonyl (C=O) groups is 1. The summed E-state index contributed by atoms with van der Waals surface area (Å²) in [5.41, 5.74) is 7.37. The van der Waals surface area contributed by atoms with Gasteiger partial charge in [-0.15, -0.1) is 0 Å². The Hall–Kier alpha value is -2.15. The maximum atomic E-state index is 11.9. The molecule has 2 aromatic heterocycles. The Balaban J connectivity index is 2.44. The average Bonchev–Trinajstić information content (AvgIpc) is 2.47. The topological polar surface area (TPSA) is 87.3 Å². The third kappa shape index (κ3) is 3.36. The fourth-order valence-electron chi connectivity index (χ4n) is 1.90. The molecule has 2 aromatic rings. The molecule has 0 fully saturated rings. The summed E-state index contributed by atoms with van der Waals surface area (Å²) >= 11 is 3.35. The number of pyridine rings is 2. The number of nitrogens with zero attached hydrogens (tertiary/aromatic N) is 2. The number of aromatic nitrogens is 2. The van der Waals surface area contributed by atoms with Crippen molar-refractivity contribution in [1.29, 1.82) is 0 Å². The minimum atomic E-state index is -0.425. The summed E-state index contributed by atoms with van der Waals surface area (Å²) in [6.07, 6.45) is 3.05. The van der Waals surface area contributed by atoms with Crippen LogP contribution in [0, 0.1) is 13.8 Å². The van der Waals surface area contributed by atoms with Gasteiger partial charge in [-0.2, -0.15) is 0 Å². The van der Waals surface area contributed by atoms with Crippen molar-refractivity contribution in [1.82, 2.24) is 9.97 Å². The van der Waals surface area contributed by atoms with Crippen LogP contribution in [-0.2, 0) is 4.74 Å². The lowest BCUT2D eigenvalue weighted by molar-refractivity contribution is 0.0524. The van der Waals surface area contributed by atoms with Crippen molar-refractivity contribution < 1.29 is 14.3 Å². The van der Waals surface area contributed by atoms with Crippen LogP contribution in [0.4, 0.5) is 5.82 Å². The van der Waals surface area contributed by atoms with Crippen molar-refractivity contribution in [3.63, 3.8) is 0 Å². The van der Waals surface area contributed by atoms with Crippen molar-refractivity contribution in [3.05, 3.63) is 39.8 Å². The molecule has 0 amide bonds. The zero-order valence-corrected chi connectivity index (χ0v) is 14.1. The molecule has 0 saturated heterocycles. The van der Waals surface area contributed by atoms with Crippen LogP contribution in [-0.4, -0.2) is 22.5 Å². The van der Waals surface area contributed by atoms with Crippen LogP contribution in [0.15, 0.2) is 22.9 Å². The fraction of sp³-hybridized carbons (Fsp3) is 0.267. The molecule has 6 nitrogen and oxygen atoms in total. The summed E-state index contributed by atoms with van der Waals surface area (Å²) in [6.45, 7) is 5.64. The Morgan fingerprint density at radius 2 is 2.05 bits per heavy atom. The Labute approximate surface area is 136 Å². The zero-order valence-electron chi connectivity index (χ0n) is 12.5. The second-order valence-corrected chi connectivity index (χ2v) is 5.43. The first-order valence-corrected chi connectivity index (χ1v) is 7.45. The Morgan fingerprint density at radius 3 is 2.73 bits per heavy atom. The molecule has 0 unspecified atom stereocenters. The third-order valence-electron chi connectivity index (χ3n) is 3.01. The molecule has 0 aromatic carbocycles. The second kappa shape index (κ2) is 6.74. The van der Waals surface area contributed by atoms with Crippen molar-refractivity contribution in [2.45, 2.75) is 20.8 Å². The molecular weight excluding hydrogens is 350 g/mol. The lowest BCUT2D eigenvalue weighted by Crippen LogP contribution is -2.09. The van der Waals surface area contributed by atoms with E-state index in [9.17, 15) is 4.79 Å². The third-order valence-corrected chi connectivity index (χ3v) is 3.60. The normalized spacial score (nSPS) is 10.4. The van der Waals surface area contributed by atoms with Crippen molar-refractivity contribution in [3.8, 4) is 11.5 Å². The van der Waals surface area contributed by atoms with Crippen LogP contribution in [0.5, 0.6) is 11.5 Å². The van der Waals surface area contributed by atoms with Gasteiger partial charge in [0.15, 0.2) is 5.75 Å². The van der Waals surface area contributed by atoms with Crippen molar-refractivity contribution >= 4 is 27.7 Å². The Kier molecular flexibility index (Phi) is 4.97. The van der Waals surface area contributed by atoms with E-state index in [2.05, 4.69) is 25.9 Å². The van der Waals surface area contributed by atoms with Gasteiger partial charge in [0.05, 0.1) is 22.3 Å². The van der Waals surface area contributed by atoms with Crippen LogP contribution >= 0.6 is 15.9 Å². The molecular formula is C15H16BrN3O3. The molecule has 2 N–H and O–H groups in total. The average molecular weight is 366 g/mol. The Morgan fingerprint density at radius 1 is 1.32 bits per heavy atom. The molecule has 0 aliphatic rings. The number of hydrogen-bond acceptors (Lipinski definition) is 6. The fourth-order valence-corrected chi connectivity index (χ4v) is 2.20. The van der Waals surface area contributed by atoms with E-state index in [0.29, 0.717) is 45.2 Å². The van der Waals surface area contributed by atoms with Gasteiger partial charge < -0.3 is 15.2 Å². The van der Waals surface area contributed by atoms with Crippen molar-refractivity contribution in [2.24, 2.45) is 0 Å². The number of carbonyl (C=O) groups excluding carboxylic acids is 1. The van der Waals surface area contributed by atoms with Crippen LogP contribution < -0.4 is 10.5 Å². The molecule has 0 radical (unpaired) electrons. The molecule has 22 heavy (non-hydrogen) atoms. The first kappa shape index (κ1) is 16.2. The van der Waals surface area contributed by atoms with E-state index in [1.54, 1.807) is 33.0 Å². The highest BCUT2D eigenvalue weighted by Crippen LogP contribution is 2.34. The van der Waals surface area contributed by atoms with Gasteiger partial charge in [0.2, 0.25) is 0 Å². The number of halogens is 1. The molecule has 0 spiro atoms.